The first kappa shape index (κ1) is 14.0. The van der Waals surface area contributed by atoms with Crippen molar-refractivity contribution in [1.29, 1.82) is 0 Å². The zero-order valence-corrected chi connectivity index (χ0v) is 9.62. The van der Waals surface area contributed by atoms with Crippen LogP contribution in [0.25, 0.3) is 0 Å². The van der Waals surface area contributed by atoms with Crippen LogP contribution in [0.4, 0.5) is 0 Å². The number of Topliss-reactive ketones (excluding diaryl/α,β-unsaturated/α-hetero) is 1. The summed E-state index contributed by atoms with van der Waals surface area (Å²) in [6.07, 6.45) is 0. The van der Waals surface area contributed by atoms with E-state index in [2.05, 4.69) is 5.32 Å². The minimum absolute atomic E-state index is 0.000312. The Morgan fingerprint density at radius 3 is 2.27 bits per heavy atom. The number of rotatable bonds is 7. The van der Waals surface area contributed by atoms with Gasteiger partial charge in [-0.3, -0.25) is 14.6 Å². The zero-order valence-electron chi connectivity index (χ0n) is 9.62. The van der Waals surface area contributed by atoms with Crippen molar-refractivity contribution >= 4 is 11.7 Å². The van der Waals surface area contributed by atoms with Crippen LogP contribution in [0, 0.1) is 0 Å². The van der Waals surface area contributed by atoms with Gasteiger partial charge in [-0.15, -0.1) is 0 Å². The van der Waals surface area contributed by atoms with Crippen molar-refractivity contribution in [3.63, 3.8) is 0 Å². The molecule has 6 heteroatoms. The van der Waals surface area contributed by atoms with Crippen molar-refractivity contribution in [3.05, 3.63) is 0 Å². The predicted molar refractivity (Wildman–Crippen MR) is 58.0 cm³/mol. The van der Waals surface area contributed by atoms with E-state index in [0.29, 0.717) is 6.54 Å². The lowest BCUT2D eigenvalue weighted by Crippen LogP contribution is -2.46. The van der Waals surface area contributed by atoms with Crippen LogP contribution in [0.5, 0.6) is 0 Å². The maximum Gasteiger partial charge on any atom is 0.250 e. The molecule has 0 unspecified atom stereocenters. The molecule has 0 aromatic rings. The molecule has 0 atom stereocenters. The van der Waals surface area contributed by atoms with E-state index in [0.717, 1.165) is 11.6 Å². The van der Waals surface area contributed by atoms with Crippen LogP contribution in [0.3, 0.4) is 0 Å². The Kier molecular flexibility index (Phi) is 6.85. The van der Waals surface area contributed by atoms with E-state index in [4.69, 9.17) is 5.84 Å². The number of hydrazine groups is 1. The van der Waals surface area contributed by atoms with Crippen LogP contribution in [-0.2, 0) is 9.59 Å². The fourth-order valence-electron chi connectivity index (χ4n) is 0.879. The normalized spacial score (nSPS) is 10.5. The maximum absolute atomic E-state index is 11.3. The van der Waals surface area contributed by atoms with Gasteiger partial charge in [0.15, 0.2) is 0 Å². The molecular weight excluding hydrogens is 196 g/mol. The van der Waals surface area contributed by atoms with Crippen molar-refractivity contribution in [2.24, 2.45) is 5.84 Å². The first-order valence-corrected chi connectivity index (χ1v) is 4.83. The average Bonchev–Trinajstić information content (AvgIpc) is 2.13. The van der Waals surface area contributed by atoms with Gasteiger partial charge in [-0.2, -0.15) is 0 Å². The van der Waals surface area contributed by atoms with E-state index in [9.17, 15) is 9.59 Å². The van der Waals surface area contributed by atoms with E-state index >= 15 is 0 Å². The fourth-order valence-corrected chi connectivity index (χ4v) is 0.879. The van der Waals surface area contributed by atoms with Crippen LogP contribution in [-0.4, -0.2) is 61.9 Å². The third-order valence-corrected chi connectivity index (χ3v) is 1.76. The van der Waals surface area contributed by atoms with E-state index in [1.54, 1.807) is 0 Å². The summed E-state index contributed by atoms with van der Waals surface area (Å²) >= 11 is 0. The minimum Gasteiger partial charge on any atom is -0.308 e. The van der Waals surface area contributed by atoms with Gasteiger partial charge in [0.05, 0.1) is 13.1 Å². The number of amides is 1. The first-order chi connectivity index (χ1) is 6.93. The second-order valence-corrected chi connectivity index (χ2v) is 3.70. The molecule has 0 saturated heterocycles. The van der Waals surface area contributed by atoms with Gasteiger partial charge < -0.3 is 10.2 Å². The lowest BCUT2D eigenvalue weighted by molar-refractivity contribution is -0.130. The van der Waals surface area contributed by atoms with E-state index in [1.807, 2.05) is 19.0 Å². The largest absolute Gasteiger partial charge is 0.308 e. The van der Waals surface area contributed by atoms with Crippen molar-refractivity contribution in [3.8, 4) is 0 Å². The molecule has 0 fully saturated rings. The molecule has 0 rings (SSSR count). The monoisotopic (exact) mass is 216 g/mol. The summed E-state index contributed by atoms with van der Waals surface area (Å²) < 4.78 is 0. The van der Waals surface area contributed by atoms with Crippen molar-refractivity contribution in [2.45, 2.75) is 6.92 Å². The number of carbonyl (C=O) groups excluding carboxylic acids is 2. The topological polar surface area (TPSA) is 78.7 Å². The molecule has 1 amide bonds. The molecule has 0 aliphatic heterocycles. The lowest BCUT2D eigenvalue weighted by Gasteiger charge is -2.19. The van der Waals surface area contributed by atoms with E-state index in [-0.39, 0.29) is 24.8 Å². The standard InChI is InChI=1S/C9H20N4O2/c1-8(14)6-11-7-9(15)13(10)5-4-12(2)3/h11H,4-7,10H2,1-3H3. The summed E-state index contributed by atoms with van der Waals surface area (Å²) in [6.45, 7) is 2.96. The third kappa shape index (κ3) is 8.04. The van der Waals surface area contributed by atoms with E-state index < -0.39 is 0 Å². The third-order valence-electron chi connectivity index (χ3n) is 1.76. The van der Waals surface area contributed by atoms with Crippen LogP contribution >= 0.6 is 0 Å². The summed E-state index contributed by atoms with van der Waals surface area (Å²) in [7, 11) is 3.82. The summed E-state index contributed by atoms with van der Waals surface area (Å²) in [4.78, 5) is 23.9. The van der Waals surface area contributed by atoms with Crippen LogP contribution in [0.15, 0.2) is 0 Å². The van der Waals surface area contributed by atoms with Gasteiger partial charge in [-0.05, 0) is 21.0 Å². The Hall–Kier alpha value is -0.980. The zero-order chi connectivity index (χ0) is 11.8. The fraction of sp³-hybridized carbons (Fsp3) is 0.778. The second-order valence-electron chi connectivity index (χ2n) is 3.70. The summed E-state index contributed by atoms with van der Waals surface area (Å²) in [5.74, 6) is 5.30. The summed E-state index contributed by atoms with van der Waals surface area (Å²) in [5, 5.41) is 3.88. The highest BCUT2D eigenvalue weighted by molar-refractivity contribution is 5.80. The molecule has 0 spiro atoms. The number of nitrogens with one attached hydrogen (secondary N) is 1. The van der Waals surface area contributed by atoms with Gasteiger partial charge in [0.2, 0.25) is 5.91 Å². The van der Waals surface area contributed by atoms with E-state index in [1.165, 1.54) is 6.92 Å². The smallest absolute Gasteiger partial charge is 0.250 e. The molecule has 88 valence electrons. The van der Waals surface area contributed by atoms with Gasteiger partial charge in [0, 0.05) is 13.1 Å². The van der Waals surface area contributed by atoms with Crippen molar-refractivity contribution in [2.75, 3.05) is 40.3 Å². The summed E-state index contributed by atoms with van der Waals surface area (Å²) in [5.41, 5.74) is 0. The molecule has 0 aromatic heterocycles. The Morgan fingerprint density at radius 1 is 1.20 bits per heavy atom. The molecule has 3 N–H and O–H groups in total. The maximum atomic E-state index is 11.3. The van der Waals surface area contributed by atoms with Crippen LogP contribution < -0.4 is 11.2 Å². The van der Waals surface area contributed by atoms with Gasteiger partial charge in [0.1, 0.15) is 5.78 Å². The molecule has 0 saturated carbocycles. The Balaban J connectivity index is 3.64. The molecule has 0 heterocycles. The SMILES string of the molecule is CC(=O)CNCC(=O)N(N)CCN(C)C. The van der Waals surface area contributed by atoms with Crippen LogP contribution in [0.2, 0.25) is 0 Å². The summed E-state index contributed by atoms with van der Waals surface area (Å²) in [6, 6.07) is 0. The number of carbonyl (C=O) groups is 2. The van der Waals surface area contributed by atoms with Gasteiger partial charge in [-0.1, -0.05) is 0 Å². The Bertz CT molecular complexity index is 218. The Labute approximate surface area is 90.4 Å². The predicted octanol–water partition coefficient (Wildman–Crippen LogP) is -1.57. The molecule has 6 nitrogen and oxygen atoms in total. The lowest BCUT2D eigenvalue weighted by atomic mass is 10.4. The molecular formula is C9H20N4O2. The van der Waals surface area contributed by atoms with Gasteiger partial charge in [-0.25, -0.2) is 5.84 Å². The van der Waals surface area contributed by atoms with Crippen LogP contribution in [0.1, 0.15) is 6.92 Å². The van der Waals surface area contributed by atoms with Crippen molar-refractivity contribution in [1.82, 2.24) is 15.2 Å². The van der Waals surface area contributed by atoms with Gasteiger partial charge >= 0.3 is 0 Å². The van der Waals surface area contributed by atoms with Gasteiger partial charge in [0.25, 0.3) is 0 Å². The molecule has 15 heavy (non-hydrogen) atoms. The number of nitrogens with zero attached hydrogens (tertiary/aromatic N) is 2. The second kappa shape index (κ2) is 7.33. The minimum atomic E-state index is -0.210. The number of ketones is 1. The highest BCUT2D eigenvalue weighted by atomic mass is 16.2. The van der Waals surface area contributed by atoms with Crippen molar-refractivity contribution < 1.29 is 9.59 Å². The number of likely N-dealkylation sites (N-methyl/N-ethyl adjacent to an activating group) is 1. The highest BCUT2D eigenvalue weighted by Gasteiger charge is 2.08. The Morgan fingerprint density at radius 2 is 1.80 bits per heavy atom. The highest BCUT2D eigenvalue weighted by Crippen LogP contribution is 1.82. The molecule has 0 aromatic carbocycles. The average molecular weight is 216 g/mol. The molecule has 0 aliphatic rings. The molecule has 0 bridgehead atoms. The first-order valence-electron chi connectivity index (χ1n) is 4.83. The quantitative estimate of drug-likeness (QED) is 0.305. The molecule has 0 radical (unpaired) electrons. The number of nitrogens with two attached hydrogens (primary N) is 1. The number of hydrogen-bond donors (Lipinski definition) is 2. The molecule has 0 aliphatic carbocycles. The number of hydrogen-bond acceptors (Lipinski definition) is 5.